The Bertz CT molecular complexity index is 128. The molecule has 0 saturated carbocycles. The first-order chi connectivity index (χ1) is 5.02. The van der Waals surface area contributed by atoms with E-state index in [1.807, 2.05) is 14.1 Å². The van der Waals surface area contributed by atoms with Gasteiger partial charge >= 0.3 is 0 Å². The zero-order valence-corrected chi connectivity index (χ0v) is 7.76. The third-order valence-corrected chi connectivity index (χ3v) is 0.965. The Balaban J connectivity index is 3.63. The lowest BCUT2D eigenvalue weighted by Crippen LogP contribution is -2.41. The molecule has 0 atom stereocenters. The molecule has 0 aliphatic heterocycles. The normalized spacial score (nSPS) is 12.7. The van der Waals surface area contributed by atoms with Gasteiger partial charge in [0, 0.05) is 20.6 Å². The second kappa shape index (κ2) is 4.96. The molecule has 11 heavy (non-hydrogen) atoms. The standard InChI is InChI=1S/C7H18N4/c1-6(2)5-9-7(8)10-11(3)4/h6H,5H2,1-4H3,(H3,8,9,10). The van der Waals surface area contributed by atoms with E-state index in [0.717, 1.165) is 6.54 Å². The second-order valence-electron chi connectivity index (χ2n) is 3.13. The Labute approximate surface area is 68.4 Å². The lowest BCUT2D eigenvalue weighted by Gasteiger charge is -2.12. The highest BCUT2D eigenvalue weighted by Crippen LogP contribution is 1.90. The summed E-state index contributed by atoms with van der Waals surface area (Å²) in [5.41, 5.74) is 8.38. The van der Waals surface area contributed by atoms with Crippen LogP contribution in [0.15, 0.2) is 4.99 Å². The summed E-state index contributed by atoms with van der Waals surface area (Å²) >= 11 is 0. The van der Waals surface area contributed by atoms with Crippen molar-refractivity contribution in [2.45, 2.75) is 13.8 Å². The van der Waals surface area contributed by atoms with Crippen LogP contribution in [0, 0.1) is 5.92 Å². The SMILES string of the molecule is CC(C)CN=C(N)NN(C)C. The van der Waals surface area contributed by atoms with Gasteiger partial charge in [0.2, 0.25) is 5.96 Å². The maximum Gasteiger partial charge on any atom is 0.203 e. The molecule has 0 fully saturated rings. The Morgan fingerprint density at radius 1 is 1.55 bits per heavy atom. The lowest BCUT2D eigenvalue weighted by molar-refractivity contribution is 0.359. The number of rotatable bonds is 3. The summed E-state index contributed by atoms with van der Waals surface area (Å²) in [6.45, 7) is 4.98. The van der Waals surface area contributed by atoms with Crippen molar-refractivity contribution in [1.82, 2.24) is 10.4 Å². The van der Waals surface area contributed by atoms with Gasteiger partial charge in [-0.05, 0) is 5.92 Å². The average Bonchev–Trinajstić information content (AvgIpc) is 1.82. The van der Waals surface area contributed by atoms with Crippen molar-refractivity contribution >= 4 is 5.96 Å². The highest BCUT2D eigenvalue weighted by Gasteiger charge is 1.93. The van der Waals surface area contributed by atoms with E-state index < -0.39 is 0 Å². The minimum Gasteiger partial charge on any atom is -0.369 e. The highest BCUT2D eigenvalue weighted by molar-refractivity contribution is 5.77. The van der Waals surface area contributed by atoms with Crippen LogP contribution >= 0.6 is 0 Å². The summed E-state index contributed by atoms with van der Waals surface area (Å²) in [5, 5.41) is 1.76. The Kier molecular flexibility index (Phi) is 4.61. The molecule has 0 rings (SSSR count). The van der Waals surface area contributed by atoms with E-state index in [-0.39, 0.29) is 0 Å². The monoisotopic (exact) mass is 158 g/mol. The number of hydrazine groups is 1. The Morgan fingerprint density at radius 3 is 2.45 bits per heavy atom. The number of hydrogen-bond donors (Lipinski definition) is 2. The third-order valence-electron chi connectivity index (χ3n) is 0.965. The number of aliphatic imine (C=N–C) groups is 1. The minimum atomic E-state index is 0.476. The fraction of sp³-hybridized carbons (Fsp3) is 0.857. The van der Waals surface area contributed by atoms with Crippen LogP contribution < -0.4 is 11.2 Å². The van der Waals surface area contributed by atoms with Crippen molar-refractivity contribution in [3.8, 4) is 0 Å². The first-order valence-electron chi connectivity index (χ1n) is 3.76. The number of guanidine groups is 1. The molecule has 0 aliphatic carbocycles. The van der Waals surface area contributed by atoms with Gasteiger partial charge in [-0.2, -0.15) is 0 Å². The molecule has 0 spiro atoms. The average molecular weight is 158 g/mol. The van der Waals surface area contributed by atoms with E-state index in [9.17, 15) is 0 Å². The fourth-order valence-corrected chi connectivity index (χ4v) is 0.545. The lowest BCUT2D eigenvalue weighted by atomic mass is 10.2. The van der Waals surface area contributed by atoms with E-state index in [1.165, 1.54) is 0 Å². The van der Waals surface area contributed by atoms with E-state index in [0.29, 0.717) is 11.9 Å². The predicted octanol–water partition coefficient (Wildman–Crippen LogP) is 0.0233. The number of nitrogens with zero attached hydrogens (tertiary/aromatic N) is 2. The van der Waals surface area contributed by atoms with Crippen molar-refractivity contribution in [3.63, 3.8) is 0 Å². The summed E-state index contributed by atoms with van der Waals surface area (Å²) in [6.07, 6.45) is 0. The smallest absolute Gasteiger partial charge is 0.203 e. The quantitative estimate of drug-likeness (QED) is 0.346. The molecule has 3 N–H and O–H groups in total. The van der Waals surface area contributed by atoms with Gasteiger partial charge in [0.1, 0.15) is 0 Å². The maximum atomic E-state index is 5.52. The van der Waals surface area contributed by atoms with E-state index in [1.54, 1.807) is 5.01 Å². The number of hydrogen-bond acceptors (Lipinski definition) is 2. The highest BCUT2D eigenvalue weighted by atomic mass is 15.5. The molecule has 0 aromatic carbocycles. The Morgan fingerprint density at radius 2 is 2.09 bits per heavy atom. The zero-order valence-electron chi connectivity index (χ0n) is 7.76. The van der Waals surface area contributed by atoms with Crippen LogP contribution in [0.5, 0.6) is 0 Å². The summed E-state index contributed by atoms with van der Waals surface area (Å²) < 4.78 is 0. The van der Waals surface area contributed by atoms with Gasteiger partial charge in [-0.1, -0.05) is 13.8 Å². The molecule has 0 aliphatic rings. The van der Waals surface area contributed by atoms with Gasteiger partial charge in [0.15, 0.2) is 0 Å². The van der Waals surface area contributed by atoms with Crippen LogP contribution in [-0.2, 0) is 0 Å². The number of nitrogens with one attached hydrogen (secondary N) is 1. The van der Waals surface area contributed by atoms with Crippen molar-refractivity contribution in [2.24, 2.45) is 16.6 Å². The van der Waals surface area contributed by atoms with E-state index in [4.69, 9.17) is 5.73 Å². The van der Waals surface area contributed by atoms with Crippen molar-refractivity contribution in [1.29, 1.82) is 0 Å². The molecule has 0 aromatic heterocycles. The van der Waals surface area contributed by atoms with Crippen LogP contribution in [-0.4, -0.2) is 31.6 Å². The number of nitrogens with two attached hydrogens (primary N) is 1. The van der Waals surface area contributed by atoms with E-state index in [2.05, 4.69) is 24.3 Å². The maximum absolute atomic E-state index is 5.52. The summed E-state index contributed by atoms with van der Waals surface area (Å²) in [4.78, 5) is 4.11. The molecule has 0 amide bonds. The summed E-state index contributed by atoms with van der Waals surface area (Å²) in [7, 11) is 3.75. The first kappa shape index (κ1) is 10.2. The molecule has 4 heteroatoms. The van der Waals surface area contributed by atoms with Crippen LogP contribution in [0.1, 0.15) is 13.8 Å². The third kappa shape index (κ3) is 7.12. The first-order valence-corrected chi connectivity index (χ1v) is 3.76. The summed E-state index contributed by atoms with van der Waals surface area (Å²) in [5.74, 6) is 1.03. The molecule has 0 aromatic rings. The van der Waals surface area contributed by atoms with Gasteiger partial charge in [0.25, 0.3) is 0 Å². The largest absolute Gasteiger partial charge is 0.369 e. The molecule has 4 nitrogen and oxygen atoms in total. The van der Waals surface area contributed by atoms with Crippen LogP contribution in [0.4, 0.5) is 0 Å². The molecule has 0 bridgehead atoms. The van der Waals surface area contributed by atoms with Crippen molar-refractivity contribution in [2.75, 3.05) is 20.6 Å². The van der Waals surface area contributed by atoms with Crippen LogP contribution in [0.25, 0.3) is 0 Å². The molecular weight excluding hydrogens is 140 g/mol. The van der Waals surface area contributed by atoms with Gasteiger partial charge < -0.3 is 5.73 Å². The molecular formula is C7H18N4. The zero-order chi connectivity index (χ0) is 8.85. The molecule has 66 valence electrons. The second-order valence-corrected chi connectivity index (χ2v) is 3.13. The summed E-state index contributed by atoms with van der Waals surface area (Å²) in [6, 6.07) is 0. The van der Waals surface area contributed by atoms with Gasteiger partial charge in [-0.25, -0.2) is 5.01 Å². The minimum absolute atomic E-state index is 0.476. The van der Waals surface area contributed by atoms with Crippen LogP contribution in [0.2, 0.25) is 0 Å². The van der Waals surface area contributed by atoms with Gasteiger partial charge in [-0.3, -0.25) is 10.4 Å². The van der Waals surface area contributed by atoms with E-state index >= 15 is 0 Å². The van der Waals surface area contributed by atoms with Crippen molar-refractivity contribution in [3.05, 3.63) is 0 Å². The fourth-order valence-electron chi connectivity index (χ4n) is 0.545. The van der Waals surface area contributed by atoms with Gasteiger partial charge in [-0.15, -0.1) is 0 Å². The molecule has 0 heterocycles. The topological polar surface area (TPSA) is 53.6 Å². The van der Waals surface area contributed by atoms with Crippen molar-refractivity contribution < 1.29 is 0 Å². The molecule has 0 saturated heterocycles. The molecule has 0 radical (unpaired) electrons. The van der Waals surface area contributed by atoms with Gasteiger partial charge in [0.05, 0.1) is 0 Å². The Hall–Kier alpha value is -0.770. The molecule has 0 unspecified atom stereocenters. The van der Waals surface area contributed by atoms with Crippen LogP contribution in [0.3, 0.4) is 0 Å². The predicted molar refractivity (Wildman–Crippen MR) is 48.2 cm³/mol.